The van der Waals surface area contributed by atoms with E-state index in [0.717, 1.165) is 0 Å². The lowest BCUT2D eigenvalue weighted by Gasteiger charge is -2.17. The van der Waals surface area contributed by atoms with Gasteiger partial charge in [0.1, 0.15) is 0 Å². The van der Waals surface area contributed by atoms with Gasteiger partial charge in [-0.2, -0.15) is 8.42 Å². The minimum absolute atomic E-state index is 0.0407. The van der Waals surface area contributed by atoms with Crippen LogP contribution in [0.15, 0.2) is 0 Å². The molecule has 0 aliphatic heterocycles. The summed E-state index contributed by atoms with van der Waals surface area (Å²) in [4.78, 5) is 9.40. The van der Waals surface area contributed by atoms with E-state index < -0.39 is 10.3 Å². The molecule has 0 amide bonds. The van der Waals surface area contributed by atoms with Crippen LogP contribution in [-0.4, -0.2) is 32.9 Å². The summed E-state index contributed by atoms with van der Waals surface area (Å²) in [5.74, 6) is 0. The molecule has 0 spiro atoms. The first-order valence-corrected chi connectivity index (χ1v) is 5.40. The summed E-state index contributed by atoms with van der Waals surface area (Å²) in [7, 11) is -3.91. The van der Waals surface area contributed by atoms with E-state index in [4.69, 9.17) is 9.68 Å². The molecular formula is C6H15NO5S. The molecular weight excluding hydrogens is 198 g/mol. The molecule has 0 unspecified atom stereocenters. The van der Waals surface area contributed by atoms with Crippen molar-refractivity contribution < 1.29 is 22.3 Å². The number of nitrogens with zero attached hydrogens (tertiary/aromatic N) is 1. The Labute approximate surface area is 78.5 Å². The van der Waals surface area contributed by atoms with Crippen molar-refractivity contribution in [2.24, 2.45) is 0 Å². The van der Waals surface area contributed by atoms with Gasteiger partial charge < -0.3 is 0 Å². The van der Waals surface area contributed by atoms with Crippen molar-refractivity contribution in [1.82, 2.24) is 4.63 Å². The van der Waals surface area contributed by atoms with Crippen molar-refractivity contribution in [2.45, 2.75) is 20.8 Å². The molecule has 0 aromatic heterocycles. The monoisotopic (exact) mass is 213 g/mol. The largest absolute Gasteiger partial charge is 0.385 e. The molecule has 0 fully saturated rings. The average molecular weight is 213 g/mol. The molecule has 0 aliphatic carbocycles. The van der Waals surface area contributed by atoms with Crippen LogP contribution < -0.4 is 0 Å². The van der Waals surface area contributed by atoms with Gasteiger partial charge in [-0.3, -0.25) is 13.9 Å². The highest BCUT2D eigenvalue weighted by atomic mass is 32.2. The average Bonchev–Trinajstić information content (AvgIpc) is 2.04. The van der Waals surface area contributed by atoms with Gasteiger partial charge >= 0.3 is 10.3 Å². The summed E-state index contributed by atoms with van der Waals surface area (Å²) in [5, 5.41) is 0. The summed E-state index contributed by atoms with van der Waals surface area (Å²) in [6.45, 7) is 5.27. The summed E-state index contributed by atoms with van der Waals surface area (Å²) < 4.78 is 27.2. The summed E-state index contributed by atoms with van der Waals surface area (Å²) in [6, 6.07) is 0. The first-order valence-electron chi connectivity index (χ1n) is 4.04. The SMILES string of the molecule is CCON(OCC)S(=O)(=O)OCC. The molecule has 7 heteroatoms. The molecule has 0 radical (unpaired) electrons. The van der Waals surface area contributed by atoms with Crippen molar-refractivity contribution in [3.63, 3.8) is 0 Å². The molecule has 0 saturated heterocycles. The second-order valence-corrected chi connectivity index (χ2v) is 3.28. The second-order valence-electron chi connectivity index (χ2n) is 1.89. The quantitative estimate of drug-likeness (QED) is 0.575. The third kappa shape index (κ3) is 4.53. The fraction of sp³-hybridized carbons (Fsp3) is 1.00. The Kier molecular flexibility index (Phi) is 6.17. The first kappa shape index (κ1) is 12.8. The Morgan fingerprint density at radius 1 is 1.00 bits per heavy atom. The molecule has 0 atom stereocenters. The minimum atomic E-state index is -3.91. The van der Waals surface area contributed by atoms with Crippen molar-refractivity contribution >= 4 is 10.3 Å². The molecule has 0 aliphatic rings. The molecule has 0 rings (SSSR count). The minimum Gasteiger partial charge on any atom is -0.259 e. The maximum absolute atomic E-state index is 11.2. The fourth-order valence-corrected chi connectivity index (χ4v) is 1.42. The van der Waals surface area contributed by atoms with Crippen LogP contribution in [0, 0.1) is 0 Å². The lowest BCUT2D eigenvalue weighted by molar-refractivity contribution is -0.301. The second kappa shape index (κ2) is 6.28. The van der Waals surface area contributed by atoms with E-state index in [1.54, 1.807) is 20.8 Å². The zero-order valence-corrected chi connectivity index (χ0v) is 8.83. The molecule has 0 aromatic rings. The predicted octanol–water partition coefficient (Wildman–Crippen LogP) is 0.473. The van der Waals surface area contributed by atoms with E-state index >= 15 is 0 Å². The number of hydrogen-bond acceptors (Lipinski definition) is 5. The number of hydrogen-bond donors (Lipinski definition) is 0. The Morgan fingerprint density at radius 2 is 1.46 bits per heavy atom. The van der Waals surface area contributed by atoms with Gasteiger partial charge in [0.05, 0.1) is 24.5 Å². The molecule has 0 bridgehead atoms. The Hall–Kier alpha value is -0.210. The van der Waals surface area contributed by atoms with E-state index in [2.05, 4.69) is 4.18 Å². The normalized spacial score (nSPS) is 12.3. The molecule has 13 heavy (non-hydrogen) atoms. The van der Waals surface area contributed by atoms with Gasteiger partial charge in [-0.25, -0.2) is 0 Å². The third-order valence-electron chi connectivity index (χ3n) is 0.918. The highest BCUT2D eigenvalue weighted by Gasteiger charge is 2.24. The van der Waals surface area contributed by atoms with Gasteiger partial charge in [0.2, 0.25) is 0 Å². The van der Waals surface area contributed by atoms with Crippen LogP contribution >= 0.6 is 0 Å². The van der Waals surface area contributed by atoms with E-state index in [-0.39, 0.29) is 19.8 Å². The van der Waals surface area contributed by atoms with Gasteiger partial charge in [-0.05, 0) is 20.8 Å². The Balaban J connectivity index is 4.33. The van der Waals surface area contributed by atoms with Gasteiger partial charge in [-0.1, -0.05) is 0 Å². The van der Waals surface area contributed by atoms with Gasteiger partial charge in [0.15, 0.2) is 0 Å². The predicted molar refractivity (Wildman–Crippen MR) is 45.6 cm³/mol. The molecule has 0 heterocycles. The van der Waals surface area contributed by atoms with E-state index in [1.807, 2.05) is 0 Å². The Morgan fingerprint density at radius 3 is 1.77 bits per heavy atom. The summed E-state index contributed by atoms with van der Waals surface area (Å²) >= 11 is 0. The Bertz CT molecular complexity index is 209. The van der Waals surface area contributed by atoms with Crippen LogP contribution in [0.3, 0.4) is 0 Å². The van der Waals surface area contributed by atoms with Gasteiger partial charge in [-0.15, -0.1) is 0 Å². The van der Waals surface area contributed by atoms with Crippen molar-refractivity contribution in [1.29, 1.82) is 0 Å². The van der Waals surface area contributed by atoms with Crippen molar-refractivity contribution in [3.05, 3.63) is 0 Å². The summed E-state index contributed by atoms with van der Waals surface area (Å²) in [6.07, 6.45) is 0. The zero-order valence-electron chi connectivity index (χ0n) is 8.02. The summed E-state index contributed by atoms with van der Waals surface area (Å²) in [5.41, 5.74) is 0. The molecule has 6 nitrogen and oxygen atoms in total. The van der Waals surface area contributed by atoms with Crippen LogP contribution in [0.2, 0.25) is 0 Å². The highest BCUT2D eigenvalue weighted by molar-refractivity contribution is 7.84. The van der Waals surface area contributed by atoms with Crippen LogP contribution in [0.1, 0.15) is 20.8 Å². The molecule has 80 valence electrons. The van der Waals surface area contributed by atoms with E-state index in [9.17, 15) is 8.42 Å². The van der Waals surface area contributed by atoms with Crippen LogP contribution in [0.4, 0.5) is 0 Å². The van der Waals surface area contributed by atoms with Gasteiger partial charge in [0, 0.05) is 0 Å². The maximum atomic E-state index is 11.2. The first-order chi connectivity index (χ1) is 6.08. The topological polar surface area (TPSA) is 65.1 Å². The van der Waals surface area contributed by atoms with Crippen molar-refractivity contribution in [2.75, 3.05) is 19.8 Å². The maximum Gasteiger partial charge on any atom is 0.385 e. The highest BCUT2D eigenvalue weighted by Crippen LogP contribution is 2.04. The fourth-order valence-electron chi connectivity index (χ4n) is 0.569. The molecule has 0 aromatic carbocycles. The molecule has 0 saturated carbocycles. The van der Waals surface area contributed by atoms with Crippen molar-refractivity contribution in [3.8, 4) is 0 Å². The van der Waals surface area contributed by atoms with Crippen LogP contribution in [0.25, 0.3) is 0 Å². The lowest BCUT2D eigenvalue weighted by Crippen LogP contribution is -2.33. The zero-order chi connectivity index (χ0) is 10.3. The third-order valence-corrected chi connectivity index (χ3v) is 2.03. The molecule has 0 N–H and O–H groups in total. The van der Waals surface area contributed by atoms with E-state index in [0.29, 0.717) is 4.63 Å². The van der Waals surface area contributed by atoms with E-state index in [1.165, 1.54) is 0 Å². The smallest absolute Gasteiger partial charge is 0.259 e. The lowest BCUT2D eigenvalue weighted by atomic mass is 10.9. The number of rotatable bonds is 7. The van der Waals surface area contributed by atoms with Gasteiger partial charge in [0.25, 0.3) is 0 Å². The van der Waals surface area contributed by atoms with Crippen LogP contribution in [-0.2, 0) is 24.2 Å². The standard InChI is InChI=1S/C6H15NO5S/c1-4-10-7(11-5-2)13(8,9)12-6-3/h4-6H2,1-3H3. The van der Waals surface area contributed by atoms with Crippen LogP contribution in [0.5, 0.6) is 0 Å².